The van der Waals surface area contributed by atoms with Crippen LogP contribution in [-0.4, -0.2) is 20.4 Å². The van der Waals surface area contributed by atoms with Gasteiger partial charge in [-0.05, 0) is 37.1 Å². The third kappa shape index (κ3) is 3.61. The van der Waals surface area contributed by atoms with Gasteiger partial charge in [0, 0.05) is 35.8 Å². The highest BCUT2D eigenvalue weighted by Gasteiger charge is 2.17. The summed E-state index contributed by atoms with van der Waals surface area (Å²) in [6.07, 6.45) is 5.27. The van der Waals surface area contributed by atoms with Gasteiger partial charge in [-0.25, -0.2) is 4.98 Å². The van der Waals surface area contributed by atoms with Gasteiger partial charge in [0.25, 0.3) is 11.6 Å². The first kappa shape index (κ1) is 17.3. The Balaban J connectivity index is 1.75. The third-order valence-corrected chi connectivity index (χ3v) is 4.22. The van der Waals surface area contributed by atoms with E-state index in [9.17, 15) is 14.9 Å². The van der Waals surface area contributed by atoms with Crippen LogP contribution in [-0.2, 0) is 0 Å². The van der Waals surface area contributed by atoms with Crippen LogP contribution in [0.1, 0.15) is 34.5 Å². The lowest BCUT2D eigenvalue weighted by atomic mass is 10.0. The van der Waals surface area contributed by atoms with E-state index in [2.05, 4.69) is 10.3 Å². The maximum atomic E-state index is 12.5. The van der Waals surface area contributed by atoms with Crippen LogP contribution < -0.4 is 5.32 Å². The Bertz CT molecular complexity index is 934. The summed E-state index contributed by atoms with van der Waals surface area (Å²) in [5.74, 6) is -0.336. The summed E-state index contributed by atoms with van der Waals surface area (Å²) in [7, 11) is 0. The molecule has 0 bridgehead atoms. The van der Waals surface area contributed by atoms with E-state index < -0.39 is 4.92 Å². The highest BCUT2D eigenvalue weighted by molar-refractivity contribution is 5.96. The topological polar surface area (TPSA) is 90.1 Å². The van der Waals surface area contributed by atoms with Gasteiger partial charge in [0.15, 0.2) is 0 Å². The van der Waals surface area contributed by atoms with Gasteiger partial charge >= 0.3 is 0 Å². The molecule has 1 N–H and O–H groups in total. The van der Waals surface area contributed by atoms with Gasteiger partial charge in [-0.15, -0.1) is 0 Å². The van der Waals surface area contributed by atoms with Gasteiger partial charge in [-0.3, -0.25) is 14.9 Å². The second-order valence-corrected chi connectivity index (χ2v) is 6.01. The standard InChI is InChI=1S/C19H18N4O3/c1-13-3-6-17(23(25)26)11-18(13)19(24)21-14(2)15-4-7-16(8-5-15)22-10-9-20-12-22/h3-12,14H,1-2H3,(H,21,24). The Kier molecular flexibility index (Phi) is 4.79. The number of aryl methyl sites for hydroxylation is 1. The number of hydrogen-bond donors (Lipinski definition) is 1. The monoisotopic (exact) mass is 350 g/mol. The van der Waals surface area contributed by atoms with Crippen molar-refractivity contribution in [2.75, 3.05) is 0 Å². The van der Waals surface area contributed by atoms with Crippen LogP contribution in [0.4, 0.5) is 5.69 Å². The first-order chi connectivity index (χ1) is 12.5. The number of carbonyl (C=O) groups excluding carboxylic acids is 1. The molecule has 2 aromatic carbocycles. The number of amides is 1. The second-order valence-electron chi connectivity index (χ2n) is 6.01. The molecule has 132 valence electrons. The van der Waals surface area contributed by atoms with Crippen molar-refractivity contribution >= 4 is 11.6 Å². The lowest BCUT2D eigenvalue weighted by molar-refractivity contribution is -0.384. The molecule has 0 saturated heterocycles. The molecule has 0 radical (unpaired) electrons. The number of carbonyl (C=O) groups is 1. The Labute approximate surface area is 150 Å². The fourth-order valence-corrected chi connectivity index (χ4v) is 2.67. The molecular weight excluding hydrogens is 332 g/mol. The number of aromatic nitrogens is 2. The first-order valence-electron chi connectivity index (χ1n) is 8.10. The molecule has 0 aliphatic rings. The fourth-order valence-electron chi connectivity index (χ4n) is 2.67. The van der Waals surface area contributed by atoms with Crippen LogP contribution in [0.2, 0.25) is 0 Å². The summed E-state index contributed by atoms with van der Waals surface area (Å²) < 4.78 is 1.89. The van der Waals surface area contributed by atoms with Crippen molar-refractivity contribution in [3.63, 3.8) is 0 Å². The van der Waals surface area contributed by atoms with Gasteiger partial charge < -0.3 is 9.88 Å². The predicted molar refractivity (Wildman–Crippen MR) is 97.3 cm³/mol. The SMILES string of the molecule is Cc1ccc([N+](=O)[O-])cc1C(=O)NC(C)c1ccc(-n2ccnc2)cc1. The van der Waals surface area contributed by atoms with Crippen LogP contribution in [0.15, 0.2) is 61.2 Å². The Morgan fingerprint density at radius 3 is 2.58 bits per heavy atom. The van der Waals surface area contributed by atoms with Gasteiger partial charge in [-0.1, -0.05) is 18.2 Å². The number of nitro benzene ring substituents is 1. The molecule has 1 amide bonds. The quantitative estimate of drug-likeness (QED) is 0.562. The Morgan fingerprint density at radius 2 is 1.96 bits per heavy atom. The van der Waals surface area contributed by atoms with E-state index in [4.69, 9.17) is 0 Å². The normalized spacial score (nSPS) is 11.8. The first-order valence-corrected chi connectivity index (χ1v) is 8.10. The summed E-state index contributed by atoms with van der Waals surface area (Å²) >= 11 is 0. The number of benzene rings is 2. The van der Waals surface area contributed by atoms with E-state index in [1.165, 1.54) is 12.1 Å². The Morgan fingerprint density at radius 1 is 1.23 bits per heavy atom. The molecule has 0 spiro atoms. The van der Waals surface area contributed by atoms with Crippen molar-refractivity contribution in [1.82, 2.24) is 14.9 Å². The van der Waals surface area contributed by atoms with Gasteiger partial charge in [0.2, 0.25) is 0 Å². The summed E-state index contributed by atoms with van der Waals surface area (Å²) in [5.41, 5.74) is 2.81. The molecule has 1 aromatic heterocycles. The number of nitro groups is 1. The zero-order valence-corrected chi connectivity index (χ0v) is 14.4. The van der Waals surface area contributed by atoms with E-state index in [0.29, 0.717) is 11.1 Å². The van der Waals surface area contributed by atoms with Crippen molar-refractivity contribution in [3.05, 3.63) is 88.0 Å². The lowest BCUT2D eigenvalue weighted by Gasteiger charge is -2.16. The van der Waals surface area contributed by atoms with E-state index in [-0.39, 0.29) is 17.6 Å². The Hall–Kier alpha value is -3.48. The van der Waals surface area contributed by atoms with Crippen LogP contribution in [0.3, 0.4) is 0 Å². The minimum atomic E-state index is -0.505. The molecule has 0 aliphatic heterocycles. The third-order valence-electron chi connectivity index (χ3n) is 4.22. The zero-order chi connectivity index (χ0) is 18.7. The van der Waals surface area contributed by atoms with E-state index in [1.54, 1.807) is 25.5 Å². The largest absolute Gasteiger partial charge is 0.346 e. The van der Waals surface area contributed by atoms with Crippen LogP contribution in [0.5, 0.6) is 0 Å². The molecule has 3 rings (SSSR count). The molecule has 1 unspecified atom stereocenters. The predicted octanol–water partition coefficient (Wildman–Crippen LogP) is 3.58. The molecule has 0 saturated carbocycles. The second kappa shape index (κ2) is 7.18. The van der Waals surface area contributed by atoms with Crippen molar-refractivity contribution in [2.24, 2.45) is 0 Å². The summed E-state index contributed by atoms with van der Waals surface area (Å²) in [6.45, 7) is 3.63. The van der Waals surface area contributed by atoms with Crippen molar-refractivity contribution in [2.45, 2.75) is 19.9 Å². The maximum Gasteiger partial charge on any atom is 0.270 e. The minimum absolute atomic E-state index is 0.0990. The molecule has 0 fully saturated rings. The highest BCUT2D eigenvalue weighted by Crippen LogP contribution is 2.20. The smallest absolute Gasteiger partial charge is 0.270 e. The van der Waals surface area contributed by atoms with Crippen molar-refractivity contribution in [1.29, 1.82) is 0 Å². The van der Waals surface area contributed by atoms with E-state index in [0.717, 1.165) is 11.3 Å². The van der Waals surface area contributed by atoms with Crippen molar-refractivity contribution in [3.8, 4) is 5.69 Å². The highest BCUT2D eigenvalue weighted by atomic mass is 16.6. The summed E-state index contributed by atoms with van der Waals surface area (Å²) in [4.78, 5) is 27.0. The average Bonchev–Trinajstić information content (AvgIpc) is 3.16. The summed E-state index contributed by atoms with van der Waals surface area (Å²) in [5, 5.41) is 13.8. The maximum absolute atomic E-state index is 12.5. The van der Waals surface area contributed by atoms with Crippen molar-refractivity contribution < 1.29 is 9.72 Å². The average molecular weight is 350 g/mol. The van der Waals surface area contributed by atoms with Crippen LogP contribution in [0, 0.1) is 17.0 Å². The van der Waals surface area contributed by atoms with E-state index >= 15 is 0 Å². The number of nitrogens with zero attached hydrogens (tertiary/aromatic N) is 3. The number of non-ortho nitro benzene ring substituents is 1. The fraction of sp³-hybridized carbons (Fsp3) is 0.158. The van der Waals surface area contributed by atoms with Gasteiger partial charge in [-0.2, -0.15) is 0 Å². The van der Waals surface area contributed by atoms with E-state index in [1.807, 2.05) is 42.0 Å². The lowest BCUT2D eigenvalue weighted by Crippen LogP contribution is -2.27. The molecule has 1 atom stereocenters. The minimum Gasteiger partial charge on any atom is -0.346 e. The molecule has 7 heteroatoms. The molecule has 7 nitrogen and oxygen atoms in total. The van der Waals surface area contributed by atoms with Gasteiger partial charge in [0.1, 0.15) is 0 Å². The molecule has 26 heavy (non-hydrogen) atoms. The molecule has 3 aromatic rings. The molecular formula is C19H18N4O3. The zero-order valence-electron chi connectivity index (χ0n) is 14.4. The van der Waals surface area contributed by atoms with Crippen LogP contribution >= 0.6 is 0 Å². The molecule has 1 heterocycles. The van der Waals surface area contributed by atoms with Crippen LogP contribution in [0.25, 0.3) is 5.69 Å². The number of imidazole rings is 1. The summed E-state index contributed by atoms with van der Waals surface area (Å²) in [6, 6.07) is 11.8. The number of nitrogens with one attached hydrogen (secondary N) is 1. The number of hydrogen-bond acceptors (Lipinski definition) is 4. The van der Waals surface area contributed by atoms with Gasteiger partial charge in [0.05, 0.1) is 17.3 Å². The molecule has 0 aliphatic carbocycles. The number of rotatable bonds is 5.